The number of aromatic nitrogens is 1. The number of amides is 1. The minimum atomic E-state index is -0.0754. The van der Waals surface area contributed by atoms with Gasteiger partial charge in [-0.3, -0.25) is 14.7 Å². The molecule has 0 radical (unpaired) electrons. The summed E-state index contributed by atoms with van der Waals surface area (Å²) in [6.07, 6.45) is 6.25. The number of pyridine rings is 1. The van der Waals surface area contributed by atoms with E-state index < -0.39 is 0 Å². The molecule has 1 unspecified atom stereocenters. The fraction of sp³-hybridized carbons (Fsp3) is 0.269. The first-order valence-electron chi connectivity index (χ1n) is 10.9. The lowest BCUT2D eigenvalue weighted by atomic mass is 10.0. The van der Waals surface area contributed by atoms with Gasteiger partial charge in [0.05, 0.1) is 30.0 Å². The molecule has 32 heavy (non-hydrogen) atoms. The van der Waals surface area contributed by atoms with Crippen molar-refractivity contribution < 1.29 is 9.53 Å². The maximum absolute atomic E-state index is 12.4. The van der Waals surface area contributed by atoms with E-state index in [2.05, 4.69) is 21.3 Å². The van der Waals surface area contributed by atoms with Crippen molar-refractivity contribution in [2.75, 3.05) is 19.7 Å². The second-order valence-electron chi connectivity index (χ2n) is 7.82. The van der Waals surface area contributed by atoms with Crippen LogP contribution >= 0.6 is 0 Å². The van der Waals surface area contributed by atoms with Crippen LogP contribution in [0.1, 0.15) is 35.2 Å². The van der Waals surface area contributed by atoms with E-state index >= 15 is 0 Å². The highest BCUT2D eigenvalue weighted by atomic mass is 16.5. The van der Waals surface area contributed by atoms with Gasteiger partial charge in [0.1, 0.15) is 5.75 Å². The van der Waals surface area contributed by atoms with Crippen LogP contribution in [-0.2, 0) is 0 Å². The molecule has 1 N–H and O–H groups in total. The molecular weight excluding hydrogens is 400 g/mol. The third-order valence-corrected chi connectivity index (χ3v) is 5.65. The van der Waals surface area contributed by atoms with Crippen LogP contribution in [0.3, 0.4) is 0 Å². The quantitative estimate of drug-likeness (QED) is 0.545. The van der Waals surface area contributed by atoms with Gasteiger partial charge in [-0.15, -0.1) is 0 Å². The molecule has 1 atom stereocenters. The maximum Gasteiger partial charge on any atom is 0.254 e. The molecule has 3 aromatic rings. The summed E-state index contributed by atoms with van der Waals surface area (Å²) in [4.78, 5) is 18.7. The van der Waals surface area contributed by atoms with E-state index in [1.807, 2.05) is 48.5 Å². The minimum Gasteiger partial charge on any atom is -0.494 e. The summed E-state index contributed by atoms with van der Waals surface area (Å²) in [5, 5.41) is 12.0. The topological polar surface area (TPSA) is 78.2 Å². The van der Waals surface area contributed by atoms with Crippen molar-refractivity contribution >= 4 is 5.91 Å². The van der Waals surface area contributed by atoms with Crippen LogP contribution in [0.15, 0.2) is 73.1 Å². The summed E-state index contributed by atoms with van der Waals surface area (Å²) >= 11 is 0. The van der Waals surface area contributed by atoms with Crippen molar-refractivity contribution in [2.45, 2.75) is 25.4 Å². The molecule has 0 saturated carbocycles. The van der Waals surface area contributed by atoms with E-state index in [0.717, 1.165) is 49.2 Å². The fourth-order valence-electron chi connectivity index (χ4n) is 3.93. The first-order valence-corrected chi connectivity index (χ1v) is 10.9. The third kappa shape index (κ3) is 5.51. The highest BCUT2D eigenvalue weighted by Crippen LogP contribution is 2.23. The summed E-state index contributed by atoms with van der Waals surface area (Å²) in [5.41, 5.74) is 3.41. The lowest BCUT2D eigenvalue weighted by Crippen LogP contribution is -2.44. The monoisotopic (exact) mass is 426 g/mol. The average molecular weight is 427 g/mol. The number of rotatable bonds is 8. The summed E-state index contributed by atoms with van der Waals surface area (Å²) in [6.45, 7) is 2.48. The molecule has 6 heteroatoms. The van der Waals surface area contributed by atoms with Crippen molar-refractivity contribution in [1.29, 1.82) is 5.26 Å². The van der Waals surface area contributed by atoms with E-state index in [4.69, 9.17) is 10.00 Å². The standard InChI is InChI=1S/C26H26N4O2/c27-18-20-6-8-21(9-7-20)22-10-12-24(13-11-22)32-17-3-16-30-15-2-5-25(30)29-26(31)23-4-1-14-28-19-23/h1,4,6-14,19,25H,2-3,5,15-17H2,(H,29,31). The maximum atomic E-state index is 12.4. The van der Waals surface area contributed by atoms with E-state index in [1.165, 1.54) is 0 Å². The molecule has 0 aliphatic carbocycles. The summed E-state index contributed by atoms with van der Waals surface area (Å²) in [7, 11) is 0. The first kappa shape index (κ1) is 21.5. The van der Waals surface area contributed by atoms with Crippen molar-refractivity contribution in [3.8, 4) is 22.9 Å². The zero-order valence-electron chi connectivity index (χ0n) is 17.9. The number of hydrogen-bond donors (Lipinski definition) is 1. The van der Waals surface area contributed by atoms with Crippen molar-refractivity contribution in [3.05, 3.63) is 84.2 Å². The molecule has 1 aromatic heterocycles. The molecule has 1 aliphatic heterocycles. The molecule has 162 valence electrons. The normalized spacial score (nSPS) is 15.8. The third-order valence-electron chi connectivity index (χ3n) is 5.65. The van der Waals surface area contributed by atoms with Crippen LogP contribution in [-0.4, -0.2) is 41.7 Å². The Labute approximate surface area is 188 Å². The van der Waals surface area contributed by atoms with Crippen LogP contribution in [0.25, 0.3) is 11.1 Å². The van der Waals surface area contributed by atoms with Gasteiger partial charge >= 0.3 is 0 Å². The SMILES string of the molecule is N#Cc1ccc(-c2ccc(OCCCN3CCCC3NC(=O)c3cccnc3)cc2)cc1. The summed E-state index contributed by atoms with van der Waals surface area (Å²) in [5.74, 6) is 0.763. The predicted molar refractivity (Wildman–Crippen MR) is 123 cm³/mol. The molecular formula is C26H26N4O2. The average Bonchev–Trinajstić information content (AvgIpc) is 3.29. The fourth-order valence-corrected chi connectivity index (χ4v) is 3.93. The van der Waals surface area contributed by atoms with Gasteiger partial charge in [-0.05, 0) is 66.8 Å². The Bertz CT molecular complexity index is 1060. The number of carbonyl (C=O) groups excluding carboxylic acids is 1. The summed E-state index contributed by atoms with van der Waals surface area (Å²) in [6, 6.07) is 21.2. The van der Waals surface area contributed by atoms with Crippen molar-refractivity contribution in [3.63, 3.8) is 0 Å². The van der Waals surface area contributed by atoms with Crippen LogP contribution in [0, 0.1) is 11.3 Å². The van der Waals surface area contributed by atoms with Gasteiger partial charge in [0.15, 0.2) is 0 Å². The van der Waals surface area contributed by atoms with Crippen LogP contribution in [0.2, 0.25) is 0 Å². The highest BCUT2D eigenvalue weighted by Gasteiger charge is 2.25. The predicted octanol–water partition coefficient (Wildman–Crippen LogP) is 4.24. The number of nitrogens with zero attached hydrogens (tertiary/aromatic N) is 3. The second-order valence-corrected chi connectivity index (χ2v) is 7.82. The molecule has 2 aromatic carbocycles. The van der Waals surface area contributed by atoms with Crippen molar-refractivity contribution in [2.24, 2.45) is 0 Å². The Kier molecular flexibility index (Phi) is 7.11. The Morgan fingerprint density at radius 3 is 2.56 bits per heavy atom. The highest BCUT2D eigenvalue weighted by molar-refractivity contribution is 5.93. The van der Waals surface area contributed by atoms with E-state index in [0.29, 0.717) is 17.7 Å². The van der Waals surface area contributed by atoms with Gasteiger partial charge in [0.25, 0.3) is 5.91 Å². The zero-order chi connectivity index (χ0) is 22.2. The number of benzene rings is 2. The molecule has 1 amide bonds. The smallest absolute Gasteiger partial charge is 0.254 e. The molecule has 1 fully saturated rings. The van der Waals surface area contributed by atoms with Gasteiger partial charge in [0.2, 0.25) is 0 Å². The molecule has 1 saturated heterocycles. The lowest BCUT2D eigenvalue weighted by Gasteiger charge is -2.25. The lowest BCUT2D eigenvalue weighted by molar-refractivity contribution is 0.0882. The van der Waals surface area contributed by atoms with Crippen molar-refractivity contribution in [1.82, 2.24) is 15.2 Å². The number of hydrogen-bond acceptors (Lipinski definition) is 5. The molecule has 1 aliphatic rings. The molecule has 4 rings (SSSR count). The molecule has 0 spiro atoms. The van der Waals surface area contributed by atoms with Gasteiger partial charge in [0, 0.05) is 25.5 Å². The van der Waals surface area contributed by atoms with E-state index in [9.17, 15) is 4.79 Å². The molecule has 2 heterocycles. The number of ether oxygens (including phenoxy) is 1. The van der Waals surface area contributed by atoms with Gasteiger partial charge < -0.3 is 10.1 Å². The Balaban J connectivity index is 1.22. The number of carbonyl (C=O) groups is 1. The first-order chi connectivity index (χ1) is 15.7. The van der Waals surface area contributed by atoms with Gasteiger partial charge in [-0.1, -0.05) is 24.3 Å². The Morgan fingerprint density at radius 1 is 1.12 bits per heavy atom. The number of nitrogens with one attached hydrogen (secondary N) is 1. The second kappa shape index (κ2) is 10.6. The van der Waals surface area contributed by atoms with Gasteiger partial charge in [-0.2, -0.15) is 5.26 Å². The number of likely N-dealkylation sites (tertiary alicyclic amines) is 1. The number of nitriles is 1. The molecule has 6 nitrogen and oxygen atoms in total. The largest absolute Gasteiger partial charge is 0.494 e. The summed E-state index contributed by atoms with van der Waals surface area (Å²) < 4.78 is 5.91. The Morgan fingerprint density at radius 2 is 1.88 bits per heavy atom. The van der Waals surface area contributed by atoms with Crippen LogP contribution < -0.4 is 10.1 Å². The van der Waals surface area contributed by atoms with Crippen LogP contribution in [0.5, 0.6) is 5.75 Å². The van der Waals surface area contributed by atoms with E-state index in [1.54, 1.807) is 24.5 Å². The zero-order valence-corrected chi connectivity index (χ0v) is 17.9. The minimum absolute atomic E-state index is 0.0643. The van der Waals surface area contributed by atoms with E-state index in [-0.39, 0.29) is 12.1 Å². The molecule has 0 bridgehead atoms. The van der Waals surface area contributed by atoms with Gasteiger partial charge in [-0.25, -0.2) is 0 Å². The van der Waals surface area contributed by atoms with Crippen LogP contribution in [0.4, 0.5) is 0 Å². The Hall–Kier alpha value is -3.69.